The molecule has 5 nitrogen and oxygen atoms in total. The van der Waals surface area contributed by atoms with Crippen molar-refractivity contribution in [3.63, 3.8) is 0 Å². The van der Waals surface area contributed by atoms with Crippen molar-refractivity contribution in [1.29, 1.82) is 0 Å². The van der Waals surface area contributed by atoms with Crippen LogP contribution >= 0.6 is 0 Å². The Bertz CT molecular complexity index is 829. The lowest BCUT2D eigenvalue weighted by Gasteiger charge is -2.28. The van der Waals surface area contributed by atoms with E-state index in [9.17, 15) is 13.2 Å². The van der Waals surface area contributed by atoms with Crippen LogP contribution in [-0.4, -0.2) is 37.1 Å². The molecule has 0 aliphatic carbocycles. The predicted molar refractivity (Wildman–Crippen MR) is 91.2 cm³/mol. The van der Waals surface area contributed by atoms with Crippen molar-refractivity contribution in [1.82, 2.24) is 4.90 Å². The van der Waals surface area contributed by atoms with Gasteiger partial charge in [-0.25, -0.2) is 13.2 Å². The topological polar surface area (TPSA) is 63.7 Å². The maximum Gasteiger partial charge on any atom is 0.411 e. The number of carbonyl (C=O) groups is 1. The van der Waals surface area contributed by atoms with E-state index in [1.807, 2.05) is 13.0 Å². The summed E-state index contributed by atoms with van der Waals surface area (Å²) in [4.78, 5) is 14.4. The number of benzene rings is 1. The Morgan fingerprint density at radius 2 is 1.75 bits per heavy atom. The van der Waals surface area contributed by atoms with Gasteiger partial charge in [0.1, 0.15) is 5.60 Å². The van der Waals surface area contributed by atoms with Crippen LogP contribution in [0.3, 0.4) is 0 Å². The van der Waals surface area contributed by atoms with E-state index in [1.165, 1.54) is 4.90 Å². The van der Waals surface area contributed by atoms with Gasteiger partial charge in [-0.1, -0.05) is 29.8 Å². The highest BCUT2D eigenvalue weighted by molar-refractivity contribution is 7.95. The molecule has 2 aliphatic heterocycles. The molecule has 2 atom stereocenters. The van der Waals surface area contributed by atoms with Gasteiger partial charge in [0.15, 0.2) is 0 Å². The first-order valence-electron chi connectivity index (χ1n) is 7.83. The molecule has 24 heavy (non-hydrogen) atoms. The van der Waals surface area contributed by atoms with Crippen molar-refractivity contribution >= 4 is 15.9 Å². The van der Waals surface area contributed by atoms with E-state index < -0.39 is 27.6 Å². The molecule has 0 N–H and O–H groups in total. The minimum Gasteiger partial charge on any atom is -0.444 e. The maximum absolute atomic E-state index is 12.9. The van der Waals surface area contributed by atoms with Gasteiger partial charge in [0.05, 0.1) is 21.9 Å². The summed E-state index contributed by atoms with van der Waals surface area (Å²) >= 11 is 0. The average molecular weight is 347 g/mol. The first kappa shape index (κ1) is 16.8. The molecule has 1 aromatic carbocycles. The van der Waals surface area contributed by atoms with E-state index in [2.05, 4.69) is 0 Å². The third-order valence-corrected chi connectivity index (χ3v) is 5.87. The van der Waals surface area contributed by atoms with Gasteiger partial charge in [0.2, 0.25) is 9.84 Å². The fourth-order valence-corrected chi connectivity index (χ4v) is 4.47. The summed E-state index contributed by atoms with van der Waals surface area (Å²) in [5.74, 6) is 0. The maximum atomic E-state index is 12.9. The van der Waals surface area contributed by atoms with E-state index >= 15 is 0 Å². The number of aryl methyl sites for hydroxylation is 1. The molecule has 1 aromatic rings. The minimum atomic E-state index is -3.64. The van der Waals surface area contributed by atoms with E-state index in [4.69, 9.17) is 4.74 Å². The molecule has 6 heteroatoms. The number of nitrogens with zero attached hydrogens (tertiary/aromatic N) is 1. The second kappa shape index (κ2) is 5.48. The normalized spacial score (nSPS) is 22.7. The molecule has 2 bridgehead atoms. The van der Waals surface area contributed by atoms with Crippen LogP contribution in [0, 0.1) is 6.92 Å². The number of rotatable bonds is 2. The van der Waals surface area contributed by atoms with Gasteiger partial charge in [0, 0.05) is 0 Å². The minimum absolute atomic E-state index is 0.240. The smallest absolute Gasteiger partial charge is 0.411 e. The Kier molecular flexibility index (Phi) is 3.83. The zero-order valence-electron chi connectivity index (χ0n) is 14.2. The third kappa shape index (κ3) is 2.86. The molecule has 0 aromatic heterocycles. The zero-order chi connectivity index (χ0) is 17.7. The average Bonchev–Trinajstić information content (AvgIpc) is 3.04. The monoisotopic (exact) mass is 347 g/mol. The molecule has 128 valence electrons. The van der Waals surface area contributed by atoms with Crippen molar-refractivity contribution in [3.05, 3.63) is 53.0 Å². The fraction of sp³-hybridized carbons (Fsp3) is 0.389. The largest absolute Gasteiger partial charge is 0.444 e. The summed E-state index contributed by atoms with van der Waals surface area (Å²) in [6.07, 6.45) is 4.69. The van der Waals surface area contributed by atoms with Crippen molar-refractivity contribution in [2.24, 2.45) is 0 Å². The first-order chi connectivity index (χ1) is 11.1. The lowest BCUT2D eigenvalue weighted by molar-refractivity contribution is 0.0245. The summed E-state index contributed by atoms with van der Waals surface area (Å²) in [6.45, 7) is 7.26. The summed E-state index contributed by atoms with van der Waals surface area (Å²) in [5.41, 5.74) is 0.362. The van der Waals surface area contributed by atoms with Crippen LogP contribution in [0.1, 0.15) is 26.3 Å². The number of sulfone groups is 1. The molecule has 0 fully saturated rings. The second-order valence-corrected chi connectivity index (χ2v) is 9.04. The Morgan fingerprint density at radius 3 is 2.33 bits per heavy atom. The lowest BCUT2D eigenvalue weighted by atomic mass is 10.2. The van der Waals surface area contributed by atoms with Crippen LogP contribution in [0.25, 0.3) is 0 Å². The van der Waals surface area contributed by atoms with Crippen LogP contribution in [0.15, 0.2) is 52.3 Å². The van der Waals surface area contributed by atoms with Gasteiger partial charge < -0.3 is 4.74 Å². The third-order valence-electron chi connectivity index (χ3n) is 3.98. The molecule has 2 aliphatic rings. The Labute approximate surface area is 142 Å². The Balaban J connectivity index is 1.88. The molecule has 0 saturated carbocycles. The molecule has 3 rings (SSSR count). The van der Waals surface area contributed by atoms with Crippen LogP contribution in [0.2, 0.25) is 0 Å². The predicted octanol–water partition coefficient (Wildman–Crippen LogP) is 3.21. The standard InChI is InChI=1S/C18H21NO4S/c1-12-5-8-14(9-6-12)24(21,22)16-11-13-7-10-15(16)19(13)17(20)23-18(2,3)4/h5-11,13,15H,1-4H3. The lowest BCUT2D eigenvalue weighted by Crippen LogP contribution is -2.41. The Morgan fingerprint density at radius 1 is 1.12 bits per heavy atom. The van der Waals surface area contributed by atoms with E-state index in [-0.39, 0.29) is 15.8 Å². The molecule has 2 unspecified atom stereocenters. The number of hydrogen-bond donors (Lipinski definition) is 0. The number of fused-ring (bicyclic) bond motifs is 2. The summed E-state index contributed by atoms with van der Waals surface area (Å²) < 4.78 is 31.2. The SMILES string of the molecule is Cc1ccc(S(=O)(=O)C2=CC3C=CC2N3C(=O)OC(C)(C)C)cc1. The molecule has 0 saturated heterocycles. The van der Waals surface area contributed by atoms with Crippen molar-refractivity contribution < 1.29 is 17.9 Å². The van der Waals surface area contributed by atoms with E-state index in [1.54, 1.807) is 57.2 Å². The van der Waals surface area contributed by atoms with Gasteiger partial charge in [-0.3, -0.25) is 4.90 Å². The Hall–Kier alpha value is -2.08. The molecular formula is C18H21NO4S. The van der Waals surface area contributed by atoms with Crippen LogP contribution in [0.5, 0.6) is 0 Å². The van der Waals surface area contributed by atoms with Gasteiger partial charge in [-0.2, -0.15) is 0 Å². The van der Waals surface area contributed by atoms with Gasteiger partial charge >= 0.3 is 6.09 Å². The summed E-state index contributed by atoms with van der Waals surface area (Å²) in [6, 6.07) is 5.75. The van der Waals surface area contributed by atoms with E-state index in [0.29, 0.717) is 0 Å². The van der Waals surface area contributed by atoms with Crippen LogP contribution in [-0.2, 0) is 14.6 Å². The van der Waals surface area contributed by atoms with Crippen molar-refractivity contribution in [2.75, 3.05) is 0 Å². The van der Waals surface area contributed by atoms with E-state index in [0.717, 1.165) is 5.56 Å². The van der Waals surface area contributed by atoms with Gasteiger partial charge in [0.25, 0.3) is 0 Å². The first-order valence-corrected chi connectivity index (χ1v) is 9.31. The molecule has 0 radical (unpaired) electrons. The molecule has 2 heterocycles. The van der Waals surface area contributed by atoms with Gasteiger partial charge in [-0.05, 0) is 45.9 Å². The molecule has 0 spiro atoms. The fourth-order valence-electron chi connectivity index (χ4n) is 2.88. The number of ether oxygens (including phenoxy) is 1. The zero-order valence-corrected chi connectivity index (χ0v) is 15.0. The highest BCUT2D eigenvalue weighted by atomic mass is 32.2. The van der Waals surface area contributed by atoms with Gasteiger partial charge in [-0.15, -0.1) is 0 Å². The number of hydrogen-bond acceptors (Lipinski definition) is 4. The van der Waals surface area contributed by atoms with Crippen molar-refractivity contribution in [2.45, 2.75) is 50.3 Å². The highest BCUT2D eigenvalue weighted by Crippen LogP contribution is 2.38. The number of carbonyl (C=O) groups excluding carboxylic acids is 1. The van der Waals surface area contributed by atoms with Crippen LogP contribution in [0.4, 0.5) is 4.79 Å². The molecule has 1 amide bonds. The quantitative estimate of drug-likeness (QED) is 0.771. The molecular weight excluding hydrogens is 326 g/mol. The number of amides is 1. The van der Waals surface area contributed by atoms with Crippen LogP contribution < -0.4 is 0 Å². The second-order valence-electron chi connectivity index (χ2n) is 7.09. The summed E-state index contributed by atoms with van der Waals surface area (Å²) in [7, 11) is -3.64. The van der Waals surface area contributed by atoms with Crippen molar-refractivity contribution in [3.8, 4) is 0 Å². The highest BCUT2D eigenvalue weighted by Gasteiger charge is 2.46. The summed E-state index contributed by atoms with van der Waals surface area (Å²) in [5, 5.41) is 0.